The summed E-state index contributed by atoms with van der Waals surface area (Å²) in [5.41, 5.74) is 3.80. The number of piperidine rings is 1. The zero-order valence-corrected chi connectivity index (χ0v) is 16.7. The van der Waals surface area contributed by atoms with Gasteiger partial charge in [0.1, 0.15) is 5.75 Å². The molecule has 1 fully saturated rings. The van der Waals surface area contributed by atoms with Crippen molar-refractivity contribution in [2.75, 3.05) is 26.7 Å². The summed E-state index contributed by atoms with van der Waals surface area (Å²) in [6, 6.07) is 16.9. The highest BCUT2D eigenvalue weighted by molar-refractivity contribution is 5.70. The van der Waals surface area contributed by atoms with Gasteiger partial charge in [0.2, 0.25) is 6.54 Å². The summed E-state index contributed by atoms with van der Waals surface area (Å²) in [5, 5.41) is 0. The van der Waals surface area contributed by atoms with E-state index in [1.54, 1.807) is 7.11 Å². The summed E-state index contributed by atoms with van der Waals surface area (Å²) in [7, 11) is 1.74. The maximum absolute atomic E-state index is 7.32. The van der Waals surface area contributed by atoms with Crippen LogP contribution in [0.2, 0.25) is 0 Å². The predicted molar refractivity (Wildman–Crippen MR) is 112 cm³/mol. The molecular weight excluding hydrogens is 332 g/mol. The second-order valence-electron chi connectivity index (χ2n) is 8.01. The minimum Gasteiger partial charge on any atom is -0.496 e. The molecule has 1 saturated heterocycles. The highest BCUT2D eigenvalue weighted by Gasteiger charge is 2.40. The van der Waals surface area contributed by atoms with Crippen molar-refractivity contribution in [3.05, 3.63) is 65.5 Å². The van der Waals surface area contributed by atoms with Gasteiger partial charge in [-0.1, -0.05) is 56.3 Å². The van der Waals surface area contributed by atoms with E-state index in [0.29, 0.717) is 12.5 Å². The molecule has 3 heteroatoms. The number of rotatable bonds is 6. The van der Waals surface area contributed by atoms with Gasteiger partial charge in [-0.25, -0.2) is 6.57 Å². The zero-order valence-electron chi connectivity index (χ0n) is 16.7. The van der Waals surface area contributed by atoms with Crippen LogP contribution in [0, 0.1) is 17.9 Å². The smallest absolute Gasteiger partial charge is 0.220 e. The van der Waals surface area contributed by atoms with Gasteiger partial charge in [0.25, 0.3) is 0 Å². The van der Waals surface area contributed by atoms with Crippen LogP contribution >= 0.6 is 0 Å². The highest BCUT2D eigenvalue weighted by atomic mass is 16.5. The van der Waals surface area contributed by atoms with E-state index < -0.39 is 0 Å². The van der Waals surface area contributed by atoms with E-state index in [1.165, 1.54) is 11.1 Å². The van der Waals surface area contributed by atoms with Gasteiger partial charge < -0.3 is 9.58 Å². The molecule has 0 bridgehead atoms. The Morgan fingerprint density at radius 2 is 1.81 bits per heavy atom. The number of ether oxygens (including phenoxy) is 1. The van der Waals surface area contributed by atoms with Crippen LogP contribution in [0.1, 0.15) is 32.3 Å². The summed E-state index contributed by atoms with van der Waals surface area (Å²) in [6.45, 7) is 15.6. The van der Waals surface area contributed by atoms with E-state index >= 15 is 0 Å². The minimum absolute atomic E-state index is 0.201. The monoisotopic (exact) mass is 362 g/mol. The second kappa shape index (κ2) is 8.59. The molecule has 3 nitrogen and oxygen atoms in total. The van der Waals surface area contributed by atoms with Crippen molar-refractivity contribution < 1.29 is 4.74 Å². The van der Waals surface area contributed by atoms with Crippen LogP contribution in [-0.4, -0.2) is 31.6 Å². The number of methoxy groups -OCH3 is 1. The zero-order chi connectivity index (χ0) is 19.3. The Kier molecular flexibility index (Phi) is 6.19. The lowest BCUT2D eigenvalue weighted by Crippen LogP contribution is -2.43. The molecule has 0 amide bonds. The summed E-state index contributed by atoms with van der Waals surface area (Å²) in [5.74, 6) is 1.50. The number of likely N-dealkylation sites (tertiary alicyclic amines) is 1. The summed E-state index contributed by atoms with van der Waals surface area (Å²) < 4.78 is 5.67. The van der Waals surface area contributed by atoms with Crippen molar-refractivity contribution in [2.24, 2.45) is 11.3 Å². The van der Waals surface area contributed by atoms with Crippen LogP contribution in [0.5, 0.6) is 5.75 Å². The highest BCUT2D eigenvalue weighted by Crippen LogP contribution is 2.39. The van der Waals surface area contributed by atoms with Crippen molar-refractivity contribution in [3.8, 4) is 16.9 Å². The molecule has 0 unspecified atom stereocenters. The molecule has 2 aromatic carbocycles. The fraction of sp³-hybridized carbons (Fsp3) is 0.458. The van der Waals surface area contributed by atoms with Gasteiger partial charge in [0.15, 0.2) is 0 Å². The van der Waals surface area contributed by atoms with E-state index in [2.05, 4.69) is 66.1 Å². The van der Waals surface area contributed by atoms with Gasteiger partial charge in [-0.05, 0) is 49.0 Å². The maximum Gasteiger partial charge on any atom is 0.220 e. The van der Waals surface area contributed by atoms with Crippen LogP contribution in [0.25, 0.3) is 16.0 Å². The molecule has 2 aromatic rings. The fourth-order valence-electron chi connectivity index (χ4n) is 4.18. The lowest BCUT2D eigenvalue weighted by Gasteiger charge is -2.41. The number of nitrogens with zero attached hydrogens (tertiary/aromatic N) is 2. The molecule has 3 rings (SSSR count). The summed E-state index contributed by atoms with van der Waals surface area (Å²) >= 11 is 0. The van der Waals surface area contributed by atoms with E-state index in [-0.39, 0.29) is 5.41 Å². The van der Waals surface area contributed by atoms with Crippen LogP contribution in [-0.2, 0) is 6.54 Å². The third kappa shape index (κ3) is 4.34. The standard InChI is InChI=1S/C24H30N2O/c1-19(2)24(18-25-3)12-14-26(15-13-24)17-20-10-11-22(23(16-20)27-4)21-8-6-5-7-9-21/h5-11,16,19H,12-15,17-18H2,1-2,4H3. The largest absolute Gasteiger partial charge is 0.496 e. The molecule has 1 aliphatic rings. The SMILES string of the molecule is [C-]#[N+]CC1(C(C)C)CCN(Cc2ccc(-c3ccccc3)c(OC)c2)CC1. The average Bonchev–Trinajstić information content (AvgIpc) is 2.70. The Labute approximate surface area is 163 Å². The maximum atomic E-state index is 7.32. The molecule has 0 spiro atoms. The minimum atomic E-state index is 0.201. The van der Waals surface area contributed by atoms with E-state index in [0.717, 1.165) is 43.8 Å². The Morgan fingerprint density at radius 3 is 2.41 bits per heavy atom. The van der Waals surface area contributed by atoms with Gasteiger partial charge in [0, 0.05) is 17.5 Å². The third-order valence-corrected chi connectivity index (χ3v) is 6.23. The molecule has 0 aromatic heterocycles. The van der Waals surface area contributed by atoms with E-state index in [1.807, 2.05) is 6.07 Å². The fourth-order valence-corrected chi connectivity index (χ4v) is 4.18. The van der Waals surface area contributed by atoms with Gasteiger partial charge in [-0.15, -0.1) is 0 Å². The molecular formula is C24H30N2O. The van der Waals surface area contributed by atoms with Gasteiger partial charge in [0.05, 0.1) is 7.11 Å². The molecule has 142 valence electrons. The lowest BCUT2D eigenvalue weighted by molar-refractivity contribution is 0.0716. The topological polar surface area (TPSA) is 16.8 Å². The summed E-state index contributed by atoms with van der Waals surface area (Å²) in [4.78, 5) is 6.25. The molecule has 0 N–H and O–H groups in total. The van der Waals surface area contributed by atoms with Crippen molar-refractivity contribution in [2.45, 2.75) is 33.2 Å². The van der Waals surface area contributed by atoms with Crippen LogP contribution in [0.3, 0.4) is 0 Å². The first-order valence-corrected chi connectivity index (χ1v) is 9.86. The molecule has 0 aliphatic carbocycles. The number of benzene rings is 2. The molecule has 0 saturated carbocycles. The Bertz CT molecular complexity index is 784. The molecule has 27 heavy (non-hydrogen) atoms. The van der Waals surface area contributed by atoms with Gasteiger partial charge >= 0.3 is 0 Å². The lowest BCUT2D eigenvalue weighted by atomic mass is 9.70. The van der Waals surface area contributed by atoms with Crippen molar-refractivity contribution in [1.29, 1.82) is 0 Å². The van der Waals surface area contributed by atoms with Crippen LogP contribution < -0.4 is 4.74 Å². The van der Waals surface area contributed by atoms with Crippen molar-refractivity contribution >= 4 is 0 Å². The molecule has 0 radical (unpaired) electrons. The van der Waals surface area contributed by atoms with Crippen LogP contribution in [0.4, 0.5) is 0 Å². The van der Waals surface area contributed by atoms with E-state index in [9.17, 15) is 0 Å². The van der Waals surface area contributed by atoms with Crippen LogP contribution in [0.15, 0.2) is 48.5 Å². The normalized spacial score (nSPS) is 16.9. The number of hydrogen-bond donors (Lipinski definition) is 0. The Morgan fingerprint density at radius 1 is 1.11 bits per heavy atom. The first-order chi connectivity index (χ1) is 13.1. The Balaban J connectivity index is 1.70. The molecule has 1 heterocycles. The van der Waals surface area contributed by atoms with Crippen molar-refractivity contribution in [1.82, 2.24) is 4.90 Å². The quantitative estimate of drug-likeness (QED) is 0.629. The predicted octanol–water partition coefficient (Wildman–Crippen LogP) is 5.52. The number of hydrogen-bond acceptors (Lipinski definition) is 2. The van der Waals surface area contributed by atoms with Crippen molar-refractivity contribution in [3.63, 3.8) is 0 Å². The third-order valence-electron chi connectivity index (χ3n) is 6.23. The average molecular weight is 363 g/mol. The Hall–Kier alpha value is -2.31. The first-order valence-electron chi connectivity index (χ1n) is 9.86. The second-order valence-corrected chi connectivity index (χ2v) is 8.01. The van der Waals surface area contributed by atoms with Gasteiger partial charge in [-0.2, -0.15) is 0 Å². The van der Waals surface area contributed by atoms with E-state index in [4.69, 9.17) is 11.3 Å². The first kappa shape index (κ1) is 19.5. The van der Waals surface area contributed by atoms with Gasteiger partial charge in [-0.3, -0.25) is 4.90 Å². The molecule has 0 atom stereocenters. The molecule has 1 aliphatic heterocycles. The summed E-state index contributed by atoms with van der Waals surface area (Å²) in [6.07, 6.45) is 2.23.